The van der Waals surface area contributed by atoms with Crippen LogP contribution in [0.25, 0.3) is 0 Å². The van der Waals surface area contributed by atoms with E-state index >= 15 is 0 Å². The molecule has 0 N–H and O–H groups in total. The summed E-state index contributed by atoms with van der Waals surface area (Å²) in [7, 11) is -3.87. The summed E-state index contributed by atoms with van der Waals surface area (Å²) < 4.78 is 40.7. The van der Waals surface area contributed by atoms with Crippen LogP contribution in [0.4, 0.5) is 10.1 Å². The Hall–Kier alpha value is -2.29. The van der Waals surface area contributed by atoms with E-state index in [0.717, 1.165) is 18.2 Å². The van der Waals surface area contributed by atoms with Crippen LogP contribution in [-0.2, 0) is 21.2 Å². The van der Waals surface area contributed by atoms with E-state index in [-0.39, 0.29) is 36.5 Å². The van der Waals surface area contributed by atoms with Crippen molar-refractivity contribution in [1.82, 2.24) is 9.21 Å². The molecule has 2 aromatic rings. The van der Waals surface area contributed by atoms with Crippen molar-refractivity contribution in [2.75, 3.05) is 37.6 Å². The maximum absolute atomic E-state index is 14.0. The van der Waals surface area contributed by atoms with E-state index in [2.05, 4.69) is 0 Å². The number of hydrogen-bond donors (Lipinski definition) is 0. The fourth-order valence-corrected chi connectivity index (χ4v) is 5.62. The van der Waals surface area contributed by atoms with Crippen LogP contribution in [-0.4, -0.2) is 62.3 Å². The van der Waals surface area contributed by atoms with Crippen molar-refractivity contribution >= 4 is 21.6 Å². The number of para-hydroxylation sites is 1. The highest BCUT2D eigenvalue weighted by molar-refractivity contribution is 7.89. The van der Waals surface area contributed by atoms with Crippen LogP contribution in [0.5, 0.6) is 0 Å². The number of sulfonamides is 1. The van der Waals surface area contributed by atoms with Gasteiger partial charge in [0.05, 0.1) is 6.54 Å². The minimum atomic E-state index is -3.87. The molecule has 1 saturated heterocycles. The number of anilines is 1. The Labute approximate surface area is 170 Å². The van der Waals surface area contributed by atoms with Crippen molar-refractivity contribution in [3.05, 3.63) is 59.9 Å². The molecule has 1 atom stereocenters. The van der Waals surface area contributed by atoms with Gasteiger partial charge in [-0.15, -0.1) is 0 Å². The van der Waals surface area contributed by atoms with Crippen LogP contribution >= 0.6 is 0 Å². The average Bonchev–Trinajstić information content (AvgIpc) is 3.04. The molecular weight excluding hydrogens is 393 g/mol. The van der Waals surface area contributed by atoms with Gasteiger partial charge in [-0.25, -0.2) is 12.8 Å². The van der Waals surface area contributed by atoms with E-state index in [0.29, 0.717) is 13.1 Å². The lowest BCUT2D eigenvalue weighted by Gasteiger charge is -2.35. The summed E-state index contributed by atoms with van der Waals surface area (Å²) in [5.41, 5.74) is 2.14. The lowest BCUT2D eigenvalue weighted by molar-refractivity contribution is -0.120. The molecule has 0 unspecified atom stereocenters. The first kappa shape index (κ1) is 20.0. The Kier molecular flexibility index (Phi) is 5.42. The summed E-state index contributed by atoms with van der Waals surface area (Å²) in [6.07, 6.45) is 0.844. The molecule has 29 heavy (non-hydrogen) atoms. The molecule has 2 aromatic carbocycles. The highest BCUT2D eigenvalue weighted by Crippen LogP contribution is 2.32. The number of piperazine rings is 1. The molecule has 0 spiro atoms. The molecule has 8 heteroatoms. The summed E-state index contributed by atoms with van der Waals surface area (Å²) >= 11 is 0. The van der Waals surface area contributed by atoms with Crippen LogP contribution in [0.2, 0.25) is 0 Å². The second-order valence-corrected chi connectivity index (χ2v) is 9.46. The number of carbonyl (C=O) groups is 1. The SMILES string of the molecule is C[C@H]1Cc2ccccc2N1C(=O)CN1CCN(S(=O)(=O)c2ccccc2F)CC1. The Morgan fingerprint density at radius 3 is 2.41 bits per heavy atom. The van der Waals surface area contributed by atoms with Gasteiger partial charge in [-0.2, -0.15) is 4.31 Å². The van der Waals surface area contributed by atoms with Crippen molar-refractivity contribution in [1.29, 1.82) is 0 Å². The summed E-state index contributed by atoms with van der Waals surface area (Å²) in [5.74, 6) is -0.723. The molecular formula is C21H24FN3O3S. The first-order valence-corrected chi connectivity index (χ1v) is 11.2. The summed E-state index contributed by atoms with van der Waals surface area (Å²) in [6, 6.07) is 13.5. The van der Waals surface area contributed by atoms with E-state index in [4.69, 9.17) is 0 Å². The normalized spacial score (nSPS) is 20.6. The van der Waals surface area contributed by atoms with Crippen molar-refractivity contribution in [3.63, 3.8) is 0 Å². The maximum atomic E-state index is 14.0. The summed E-state index contributed by atoms with van der Waals surface area (Å²) in [4.78, 5) is 16.4. The minimum Gasteiger partial charge on any atom is -0.308 e. The summed E-state index contributed by atoms with van der Waals surface area (Å²) in [6.45, 7) is 3.61. The first-order chi connectivity index (χ1) is 13.9. The van der Waals surface area contributed by atoms with E-state index in [1.165, 1.54) is 28.1 Å². The second kappa shape index (κ2) is 7.85. The Morgan fingerprint density at radius 1 is 1.03 bits per heavy atom. The minimum absolute atomic E-state index is 0.0212. The van der Waals surface area contributed by atoms with Crippen LogP contribution in [0.1, 0.15) is 12.5 Å². The number of fused-ring (bicyclic) bond motifs is 1. The fraction of sp³-hybridized carbons (Fsp3) is 0.381. The number of halogens is 1. The number of rotatable bonds is 4. The van der Waals surface area contributed by atoms with Gasteiger partial charge in [0.15, 0.2) is 0 Å². The molecule has 0 saturated carbocycles. The molecule has 6 nitrogen and oxygen atoms in total. The lowest BCUT2D eigenvalue weighted by atomic mass is 10.1. The molecule has 4 rings (SSSR count). The summed E-state index contributed by atoms with van der Waals surface area (Å²) in [5, 5.41) is 0. The number of hydrogen-bond acceptors (Lipinski definition) is 4. The van der Waals surface area contributed by atoms with Gasteiger partial charge >= 0.3 is 0 Å². The molecule has 1 fully saturated rings. The number of amides is 1. The molecule has 0 radical (unpaired) electrons. The Balaban J connectivity index is 1.39. The van der Waals surface area contributed by atoms with Gasteiger partial charge in [-0.3, -0.25) is 9.69 Å². The van der Waals surface area contributed by atoms with Crippen molar-refractivity contribution in [3.8, 4) is 0 Å². The molecule has 2 heterocycles. The third-order valence-electron chi connectivity index (χ3n) is 5.62. The van der Waals surface area contributed by atoms with E-state index < -0.39 is 15.8 Å². The molecule has 2 aliphatic rings. The topological polar surface area (TPSA) is 60.9 Å². The van der Waals surface area contributed by atoms with Gasteiger partial charge in [-0.05, 0) is 37.1 Å². The average molecular weight is 418 g/mol. The quantitative estimate of drug-likeness (QED) is 0.765. The van der Waals surface area contributed by atoms with Gasteiger partial charge in [0.2, 0.25) is 15.9 Å². The molecule has 1 amide bonds. The molecule has 0 bridgehead atoms. The van der Waals surface area contributed by atoms with E-state index in [9.17, 15) is 17.6 Å². The standard InChI is InChI=1S/C21H24FN3O3S/c1-16-14-17-6-2-4-8-19(17)25(16)21(26)15-23-10-12-24(13-11-23)29(27,28)20-9-5-3-7-18(20)22/h2-9,16H,10-15H2,1H3/t16-/m0/s1. The van der Waals surface area contributed by atoms with E-state index in [1.54, 1.807) is 0 Å². The zero-order valence-corrected chi connectivity index (χ0v) is 17.1. The monoisotopic (exact) mass is 417 g/mol. The third-order valence-corrected chi connectivity index (χ3v) is 7.55. The van der Waals surface area contributed by atoms with Gasteiger partial charge in [0.1, 0.15) is 10.7 Å². The van der Waals surface area contributed by atoms with Crippen molar-refractivity contribution in [2.45, 2.75) is 24.3 Å². The number of carbonyl (C=O) groups excluding carboxylic acids is 1. The highest BCUT2D eigenvalue weighted by Gasteiger charge is 2.34. The first-order valence-electron chi connectivity index (χ1n) is 9.75. The number of benzene rings is 2. The zero-order valence-electron chi connectivity index (χ0n) is 16.3. The zero-order chi connectivity index (χ0) is 20.6. The van der Waals surface area contributed by atoms with Crippen molar-refractivity contribution in [2.24, 2.45) is 0 Å². The van der Waals surface area contributed by atoms with Gasteiger partial charge in [-0.1, -0.05) is 30.3 Å². The van der Waals surface area contributed by atoms with Gasteiger partial charge < -0.3 is 4.90 Å². The van der Waals surface area contributed by atoms with Crippen LogP contribution in [0, 0.1) is 5.82 Å². The fourth-order valence-electron chi connectivity index (χ4n) is 4.13. The maximum Gasteiger partial charge on any atom is 0.246 e. The molecule has 0 aliphatic carbocycles. The van der Waals surface area contributed by atoms with Crippen molar-refractivity contribution < 1.29 is 17.6 Å². The van der Waals surface area contributed by atoms with Gasteiger partial charge in [0, 0.05) is 37.9 Å². The van der Waals surface area contributed by atoms with Crippen LogP contribution < -0.4 is 4.90 Å². The van der Waals surface area contributed by atoms with Crippen LogP contribution in [0.3, 0.4) is 0 Å². The van der Waals surface area contributed by atoms with E-state index in [1.807, 2.05) is 41.0 Å². The lowest BCUT2D eigenvalue weighted by Crippen LogP contribution is -2.52. The Morgan fingerprint density at radius 2 is 1.69 bits per heavy atom. The molecule has 154 valence electrons. The Bertz CT molecular complexity index is 1020. The molecule has 0 aromatic heterocycles. The van der Waals surface area contributed by atoms with Gasteiger partial charge in [0.25, 0.3) is 0 Å². The predicted octanol–water partition coefficient (Wildman–Crippen LogP) is 2.11. The smallest absolute Gasteiger partial charge is 0.246 e. The number of nitrogens with zero attached hydrogens (tertiary/aromatic N) is 3. The van der Waals surface area contributed by atoms with Crippen LogP contribution in [0.15, 0.2) is 53.4 Å². The third kappa shape index (κ3) is 3.80. The highest BCUT2D eigenvalue weighted by atomic mass is 32.2. The second-order valence-electron chi connectivity index (χ2n) is 7.56. The largest absolute Gasteiger partial charge is 0.308 e. The predicted molar refractivity (Wildman–Crippen MR) is 109 cm³/mol. The molecule has 2 aliphatic heterocycles.